The highest BCUT2D eigenvalue weighted by Gasteiger charge is 2.03. The topological polar surface area (TPSA) is 63.5 Å². The number of guanidine groups is 1. The van der Waals surface area contributed by atoms with Crippen molar-refractivity contribution in [2.75, 3.05) is 14.2 Å². The van der Waals surface area contributed by atoms with Crippen LogP contribution in [0.5, 0.6) is 5.75 Å². The lowest BCUT2D eigenvalue weighted by Crippen LogP contribution is -2.36. The molecule has 1 heterocycles. The van der Waals surface area contributed by atoms with E-state index >= 15 is 0 Å². The molecule has 1 aromatic heterocycles. The van der Waals surface area contributed by atoms with Gasteiger partial charge in [0.2, 0.25) is 0 Å². The molecular weight excluding hydrogens is 350 g/mol. The van der Waals surface area contributed by atoms with Gasteiger partial charge in [-0.15, -0.1) is 0 Å². The fourth-order valence-corrected chi connectivity index (χ4v) is 2.98. The van der Waals surface area contributed by atoms with Gasteiger partial charge in [0.1, 0.15) is 11.6 Å². The lowest BCUT2D eigenvalue weighted by Gasteiger charge is -2.13. The molecule has 0 aliphatic rings. The summed E-state index contributed by atoms with van der Waals surface area (Å²) in [6.45, 7) is 4.22. The van der Waals surface area contributed by atoms with Gasteiger partial charge >= 0.3 is 0 Å². The van der Waals surface area contributed by atoms with Crippen LogP contribution >= 0.6 is 0 Å². The zero-order valence-electron chi connectivity index (χ0n) is 16.6. The van der Waals surface area contributed by atoms with E-state index in [1.807, 2.05) is 37.5 Å². The van der Waals surface area contributed by atoms with E-state index in [0.717, 1.165) is 29.6 Å². The average molecular weight is 377 g/mol. The zero-order valence-corrected chi connectivity index (χ0v) is 16.6. The van der Waals surface area contributed by atoms with Crippen molar-refractivity contribution in [3.8, 4) is 5.75 Å². The maximum absolute atomic E-state index is 5.27. The fourth-order valence-electron chi connectivity index (χ4n) is 2.98. The second-order valence-electron chi connectivity index (χ2n) is 6.55. The summed E-state index contributed by atoms with van der Waals surface area (Å²) < 4.78 is 7.41. The third kappa shape index (κ3) is 5.36. The summed E-state index contributed by atoms with van der Waals surface area (Å²) in [6.07, 6.45) is 3.84. The number of nitrogens with zero attached hydrogens (tertiary/aromatic N) is 3. The van der Waals surface area contributed by atoms with Gasteiger partial charge in [-0.1, -0.05) is 36.4 Å². The van der Waals surface area contributed by atoms with E-state index in [1.165, 1.54) is 11.1 Å². The molecule has 0 atom stereocenters. The second kappa shape index (κ2) is 9.60. The smallest absolute Gasteiger partial charge is 0.191 e. The first-order valence-corrected chi connectivity index (χ1v) is 9.31. The molecule has 3 rings (SSSR count). The van der Waals surface area contributed by atoms with Gasteiger partial charge in [0.25, 0.3) is 0 Å². The van der Waals surface area contributed by atoms with Crippen molar-refractivity contribution in [1.29, 1.82) is 0 Å². The monoisotopic (exact) mass is 377 g/mol. The normalized spacial score (nSPS) is 11.3. The van der Waals surface area contributed by atoms with E-state index in [1.54, 1.807) is 14.2 Å². The number of methoxy groups -OCH3 is 1. The number of aryl methyl sites for hydroxylation is 1. The molecule has 0 saturated carbocycles. The molecular formula is C22H27N5O. The number of aliphatic imine (C=N–C) groups is 1. The minimum Gasteiger partial charge on any atom is -0.497 e. The fraction of sp³-hybridized carbons (Fsp3) is 0.273. The molecule has 0 spiro atoms. The van der Waals surface area contributed by atoms with Gasteiger partial charge in [0.05, 0.1) is 7.11 Å². The maximum Gasteiger partial charge on any atom is 0.191 e. The van der Waals surface area contributed by atoms with Gasteiger partial charge < -0.3 is 19.9 Å². The third-order valence-electron chi connectivity index (χ3n) is 4.55. The van der Waals surface area contributed by atoms with E-state index in [-0.39, 0.29) is 0 Å². The Balaban J connectivity index is 1.54. The van der Waals surface area contributed by atoms with Gasteiger partial charge in [-0.2, -0.15) is 0 Å². The molecule has 0 aliphatic carbocycles. The van der Waals surface area contributed by atoms with Crippen LogP contribution in [-0.4, -0.2) is 29.7 Å². The minimum absolute atomic E-state index is 0.677. The van der Waals surface area contributed by atoms with Crippen LogP contribution in [0.3, 0.4) is 0 Å². The lowest BCUT2D eigenvalue weighted by atomic mass is 10.1. The Morgan fingerprint density at radius 3 is 2.36 bits per heavy atom. The summed E-state index contributed by atoms with van der Waals surface area (Å²) >= 11 is 0. The Kier molecular flexibility index (Phi) is 6.68. The van der Waals surface area contributed by atoms with Crippen molar-refractivity contribution in [1.82, 2.24) is 20.2 Å². The van der Waals surface area contributed by atoms with Crippen LogP contribution in [0, 0.1) is 6.92 Å². The molecule has 6 nitrogen and oxygen atoms in total. The van der Waals surface area contributed by atoms with Crippen molar-refractivity contribution in [2.24, 2.45) is 4.99 Å². The first kappa shape index (κ1) is 19.5. The van der Waals surface area contributed by atoms with E-state index in [9.17, 15) is 0 Å². The average Bonchev–Trinajstić information content (AvgIpc) is 3.13. The number of aromatic nitrogens is 2. The lowest BCUT2D eigenvalue weighted by molar-refractivity contribution is 0.414. The van der Waals surface area contributed by atoms with Crippen LogP contribution in [0.1, 0.15) is 22.5 Å². The Morgan fingerprint density at radius 1 is 1.04 bits per heavy atom. The van der Waals surface area contributed by atoms with E-state index in [4.69, 9.17) is 4.74 Å². The van der Waals surface area contributed by atoms with E-state index < -0.39 is 0 Å². The Labute approximate surface area is 166 Å². The van der Waals surface area contributed by atoms with Crippen molar-refractivity contribution in [3.05, 3.63) is 83.4 Å². The molecule has 0 radical (unpaired) electrons. The molecule has 0 fully saturated rings. The summed E-state index contributed by atoms with van der Waals surface area (Å²) in [7, 11) is 3.45. The van der Waals surface area contributed by atoms with Crippen molar-refractivity contribution in [2.45, 2.75) is 26.6 Å². The number of benzene rings is 2. The molecule has 28 heavy (non-hydrogen) atoms. The quantitative estimate of drug-likeness (QED) is 0.491. The van der Waals surface area contributed by atoms with Gasteiger partial charge in [0.15, 0.2) is 5.96 Å². The molecule has 146 valence electrons. The summed E-state index contributed by atoms with van der Waals surface area (Å²) in [4.78, 5) is 8.59. The summed E-state index contributed by atoms with van der Waals surface area (Å²) in [6, 6.07) is 16.6. The SMILES string of the molecule is CN=C(NCc1cccc(Cn2ccnc2C)c1)NCc1cccc(OC)c1. The summed E-state index contributed by atoms with van der Waals surface area (Å²) in [5.74, 6) is 2.64. The largest absolute Gasteiger partial charge is 0.497 e. The highest BCUT2D eigenvalue weighted by molar-refractivity contribution is 5.79. The van der Waals surface area contributed by atoms with Gasteiger partial charge in [-0.25, -0.2) is 4.98 Å². The standard InChI is InChI=1S/C22H27N5O/c1-17-24-10-11-27(17)16-20-8-4-6-18(12-20)14-25-22(23-2)26-15-19-7-5-9-21(13-19)28-3/h4-13H,14-16H2,1-3H3,(H2,23,25,26). The first-order valence-electron chi connectivity index (χ1n) is 9.31. The molecule has 3 aromatic rings. The maximum atomic E-state index is 5.27. The number of nitrogens with one attached hydrogen (secondary N) is 2. The molecule has 2 aromatic carbocycles. The zero-order chi connectivity index (χ0) is 19.8. The van der Waals surface area contributed by atoms with Crippen LogP contribution in [0.15, 0.2) is 65.9 Å². The first-order chi connectivity index (χ1) is 13.7. The number of hydrogen-bond donors (Lipinski definition) is 2. The van der Waals surface area contributed by atoms with Crippen molar-refractivity contribution >= 4 is 5.96 Å². The van der Waals surface area contributed by atoms with E-state index in [0.29, 0.717) is 13.1 Å². The predicted octanol–water partition coefficient (Wildman–Crippen LogP) is 3.11. The van der Waals surface area contributed by atoms with Crippen LogP contribution < -0.4 is 15.4 Å². The van der Waals surface area contributed by atoms with Crippen LogP contribution in [0.4, 0.5) is 0 Å². The molecule has 6 heteroatoms. The Bertz CT molecular complexity index is 932. The van der Waals surface area contributed by atoms with Crippen LogP contribution in [-0.2, 0) is 19.6 Å². The van der Waals surface area contributed by atoms with Crippen molar-refractivity contribution < 1.29 is 4.74 Å². The second-order valence-corrected chi connectivity index (χ2v) is 6.55. The number of ether oxygens (including phenoxy) is 1. The van der Waals surface area contributed by atoms with Gasteiger partial charge in [0, 0.05) is 39.1 Å². The molecule has 0 bridgehead atoms. The van der Waals surface area contributed by atoms with Gasteiger partial charge in [-0.3, -0.25) is 4.99 Å². The highest BCUT2D eigenvalue weighted by atomic mass is 16.5. The molecule has 0 amide bonds. The predicted molar refractivity (Wildman–Crippen MR) is 113 cm³/mol. The number of hydrogen-bond acceptors (Lipinski definition) is 3. The summed E-state index contributed by atoms with van der Waals surface area (Å²) in [5.41, 5.74) is 3.60. The summed E-state index contributed by atoms with van der Waals surface area (Å²) in [5, 5.41) is 6.71. The van der Waals surface area contributed by atoms with Crippen LogP contribution in [0.2, 0.25) is 0 Å². The van der Waals surface area contributed by atoms with Gasteiger partial charge in [-0.05, 0) is 35.7 Å². The number of imidazole rings is 1. The molecule has 0 unspecified atom stereocenters. The Morgan fingerprint density at radius 2 is 1.71 bits per heavy atom. The van der Waals surface area contributed by atoms with E-state index in [2.05, 4.69) is 55.5 Å². The minimum atomic E-state index is 0.677. The molecule has 0 saturated heterocycles. The Hall–Kier alpha value is -3.28. The number of rotatable bonds is 7. The molecule has 0 aliphatic heterocycles. The third-order valence-corrected chi connectivity index (χ3v) is 4.55. The van der Waals surface area contributed by atoms with Crippen molar-refractivity contribution in [3.63, 3.8) is 0 Å². The van der Waals surface area contributed by atoms with Crippen LogP contribution in [0.25, 0.3) is 0 Å². The molecule has 2 N–H and O–H groups in total. The highest BCUT2D eigenvalue weighted by Crippen LogP contribution is 2.12.